The summed E-state index contributed by atoms with van der Waals surface area (Å²) in [5.74, 6) is -0.954. The van der Waals surface area contributed by atoms with Gasteiger partial charge in [-0.25, -0.2) is 9.59 Å². The Hall–Kier alpha value is -1.46. The molecule has 1 aliphatic heterocycles. The van der Waals surface area contributed by atoms with Crippen molar-refractivity contribution in [2.75, 3.05) is 13.7 Å². The van der Waals surface area contributed by atoms with E-state index in [0.717, 1.165) is 7.11 Å². The van der Waals surface area contributed by atoms with Gasteiger partial charge in [-0.05, 0) is 20.8 Å². The van der Waals surface area contributed by atoms with Crippen molar-refractivity contribution in [2.45, 2.75) is 62.9 Å². The van der Waals surface area contributed by atoms with Gasteiger partial charge in [0, 0.05) is 0 Å². The summed E-state index contributed by atoms with van der Waals surface area (Å²) in [5, 5.41) is 41.0. The van der Waals surface area contributed by atoms with Gasteiger partial charge in [-0.2, -0.15) is 0 Å². The molecule has 1 rings (SSSR count). The largest absolute Gasteiger partial charge is 0.467 e. The van der Waals surface area contributed by atoms with Gasteiger partial charge < -0.3 is 40.0 Å². The number of methoxy groups -OCH3 is 1. The van der Waals surface area contributed by atoms with Crippen LogP contribution in [0.4, 0.5) is 4.79 Å². The van der Waals surface area contributed by atoms with Crippen LogP contribution in [0.5, 0.6) is 0 Å². The minimum atomic E-state index is -1.71. The molecule has 0 aliphatic carbocycles. The van der Waals surface area contributed by atoms with Crippen LogP contribution in [-0.4, -0.2) is 88.4 Å². The molecule has 1 aliphatic rings. The van der Waals surface area contributed by atoms with Crippen molar-refractivity contribution in [3.8, 4) is 0 Å². The number of carbonyl (C=O) groups excluding carboxylic acids is 2. The first-order valence-electron chi connectivity index (χ1n) is 7.39. The fourth-order valence-electron chi connectivity index (χ4n) is 2.24. The monoisotopic (exact) mass is 351 g/mol. The Balaban J connectivity index is 2.98. The molecule has 24 heavy (non-hydrogen) atoms. The number of amides is 1. The van der Waals surface area contributed by atoms with E-state index in [1.54, 1.807) is 20.8 Å². The van der Waals surface area contributed by atoms with Crippen LogP contribution in [0.1, 0.15) is 20.8 Å². The normalized spacial score (nSPS) is 31.9. The Morgan fingerprint density at radius 1 is 1.17 bits per heavy atom. The quantitative estimate of drug-likeness (QED) is 0.358. The van der Waals surface area contributed by atoms with Crippen molar-refractivity contribution < 1.29 is 44.2 Å². The highest BCUT2D eigenvalue weighted by Gasteiger charge is 2.49. The van der Waals surface area contributed by atoms with Gasteiger partial charge in [-0.15, -0.1) is 0 Å². The van der Waals surface area contributed by atoms with Crippen LogP contribution in [-0.2, 0) is 19.0 Å². The predicted octanol–water partition coefficient (Wildman–Crippen LogP) is -2.10. The van der Waals surface area contributed by atoms with Crippen molar-refractivity contribution in [3.05, 3.63) is 0 Å². The number of rotatable bonds is 4. The van der Waals surface area contributed by atoms with Crippen molar-refractivity contribution in [1.82, 2.24) is 5.32 Å². The molecule has 0 spiro atoms. The maximum absolute atomic E-state index is 12.0. The predicted molar refractivity (Wildman–Crippen MR) is 78.9 cm³/mol. The summed E-state index contributed by atoms with van der Waals surface area (Å²) in [6.07, 6.45) is -8.62. The van der Waals surface area contributed by atoms with Crippen molar-refractivity contribution >= 4 is 12.1 Å². The first-order valence-corrected chi connectivity index (χ1v) is 7.39. The molecule has 0 aromatic carbocycles. The maximum atomic E-state index is 12.0. The molecule has 0 aromatic rings. The topological polar surface area (TPSA) is 155 Å². The molecule has 140 valence electrons. The summed E-state index contributed by atoms with van der Waals surface area (Å²) in [4.78, 5) is 23.8. The Morgan fingerprint density at radius 2 is 1.75 bits per heavy atom. The van der Waals surface area contributed by atoms with Gasteiger partial charge in [0.25, 0.3) is 0 Å². The van der Waals surface area contributed by atoms with Crippen LogP contribution in [0.15, 0.2) is 0 Å². The summed E-state index contributed by atoms with van der Waals surface area (Å²) < 4.78 is 14.9. The minimum absolute atomic E-state index is 0.665. The Kier molecular flexibility index (Phi) is 6.93. The Labute approximate surface area is 139 Å². The summed E-state index contributed by atoms with van der Waals surface area (Å²) in [6, 6.07) is -1.52. The number of hydrogen-bond acceptors (Lipinski definition) is 9. The van der Waals surface area contributed by atoms with Crippen molar-refractivity contribution in [2.24, 2.45) is 0 Å². The van der Waals surface area contributed by atoms with Crippen LogP contribution in [0, 0.1) is 0 Å². The lowest BCUT2D eigenvalue weighted by Crippen LogP contribution is -2.65. The van der Waals surface area contributed by atoms with Crippen molar-refractivity contribution in [3.63, 3.8) is 0 Å². The second kappa shape index (κ2) is 8.08. The van der Waals surface area contributed by atoms with Crippen LogP contribution in [0.3, 0.4) is 0 Å². The molecule has 10 heteroatoms. The van der Waals surface area contributed by atoms with Gasteiger partial charge in [0.15, 0.2) is 6.04 Å². The number of carbonyl (C=O) groups is 2. The summed E-state index contributed by atoms with van der Waals surface area (Å²) in [7, 11) is 1.07. The van der Waals surface area contributed by atoms with Gasteiger partial charge in [0.05, 0.1) is 13.7 Å². The van der Waals surface area contributed by atoms with E-state index in [2.05, 4.69) is 10.1 Å². The SMILES string of the molecule is COC(=O)C(NC(=O)OC(C)(C)C)[C@@H]1OC(CO)[C@@H](O)[C@H](O)C1O. The van der Waals surface area contributed by atoms with Gasteiger partial charge in [-0.3, -0.25) is 0 Å². The van der Waals surface area contributed by atoms with Gasteiger partial charge in [0.2, 0.25) is 0 Å². The molecule has 6 atom stereocenters. The smallest absolute Gasteiger partial charge is 0.408 e. The van der Waals surface area contributed by atoms with Crippen LogP contribution in [0.2, 0.25) is 0 Å². The molecule has 3 unspecified atom stereocenters. The lowest BCUT2D eigenvalue weighted by molar-refractivity contribution is -0.236. The molecule has 1 saturated heterocycles. The highest BCUT2D eigenvalue weighted by atomic mass is 16.6. The summed E-state index contributed by atoms with van der Waals surface area (Å²) >= 11 is 0. The number of alkyl carbamates (subject to hydrolysis) is 1. The Bertz CT molecular complexity index is 448. The molecule has 0 saturated carbocycles. The fourth-order valence-corrected chi connectivity index (χ4v) is 2.24. The first kappa shape index (κ1) is 20.6. The van der Waals surface area contributed by atoms with E-state index in [-0.39, 0.29) is 0 Å². The molecule has 1 heterocycles. The number of aliphatic hydroxyl groups excluding tert-OH is 4. The summed E-state index contributed by atoms with van der Waals surface area (Å²) in [5.41, 5.74) is -0.833. The third kappa shape index (κ3) is 5.02. The number of ether oxygens (including phenoxy) is 3. The highest BCUT2D eigenvalue weighted by Crippen LogP contribution is 2.24. The molecule has 10 nitrogen and oxygen atoms in total. The lowest BCUT2D eigenvalue weighted by Gasteiger charge is -2.42. The lowest BCUT2D eigenvalue weighted by atomic mass is 9.91. The molecule has 1 fully saturated rings. The molecule has 0 aromatic heterocycles. The van der Waals surface area contributed by atoms with E-state index in [1.807, 2.05) is 0 Å². The van der Waals surface area contributed by atoms with E-state index in [9.17, 15) is 30.0 Å². The van der Waals surface area contributed by atoms with E-state index in [0.29, 0.717) is 0 Å². The number of esters is 1. The highest BCUT2D eigenvalue weighted by molar-refractivity contribution is 5.82. The van der Waals surface area contributed by atoms with E-state index in [4.69, 9.17) is 9.47 Å². The molecule has 0 bridgehead atoms. The number of nitrogens with one attached hydrogen (secondary N) is 1. The first-order chi connectivity index (χ1) is 11.0. The molecular weight excluding hydrogens is 326 g/mol. The zero-order valence-corrected chi connectivity index (χ0v) is 14.0. The third-order valence-electron chi connectivity index (χ3n) is 3.39. The van der Waals surface area contributed by atoms with Gasteiger partial charge in [-0.1, -0.05) is 0 Å². The summed E-state index contributed by atoms with van der Waals surface area (Å²) in [6.45, 7) is 4.19. The standard InChI is InChI=1S/C14H25NO9/c1-14(2,3)24-13(21)15-7(12(20)22-4)11-10(19)9(18)8(17)6(5-16)23-11/h6-11,16-19H,5H2,1-4H3,(H,15,21)/t6?,7?,8-,9+,10?,11+/m1/s1. The average Bonchev–Trinajstić information content (AvgIpc) is 2.48. The van der Waals surface area contributed by atoms with Crippen LogP contribution >= 0.6 is 0 Å². The molecular formula is C14H25NO9. The third-order valence-corrected chi connectivity index (χ3v) is 3.39. The average molecular weight is 351 g/mol. The van der Waals surface area contributed by atoms with Crippen LogP contribution < -0.4 is 5.32 Å². The maximum Gasteiger partial charge on any atom is 0.408 e. The van der Waals surface area contributed by atoms with Gasteiger partial charge >= 0.3 is 12.1 Å². The second-order valence-corrected chi connectivity index (χ2v) is 6.44. The molecule has 1 amide bonds. The zero-order valence-electron chi connectivity index (χ0n) is 14.0. The Morgan fingerprint density at radius 3 is 2.21 bits per heavy atom. The zero-order chi connectivity index (χ0) is 18.7. The van der Waals surface area contributed by atoms with E-state index in [1.165, 1.54) is 0 Å². The molecule has 5 N–H and O–H groups in total. The molecule has 0 radical (unpaired) electrons. The second-order valence-electron chi connectivity index (χ2n) is 6.44. The van der Waals surface area contributed by atoms with Gasteiger partial charge in [0.1, 0.15) is 36.1 Å². The fraction of sp³-hybridized carbons (Fsp3) is 0.857. The van der Waals surface area contributed by atoms with E-state index < -0.39 is 60.8 Å². The number of aliphatic hydroxyl groups is 4. The van der Waals surface area contributed by atoms with Crippen LogP contribution in [0.25, 0.3) is 0 Å². The van der Waals surface area contributed by atoms with Crippen molar-refractivity contribution in [1.29, 1.82) is 0 Å². The minimum Gasteiger partial charge on any atom is -0.467 e. The number of hydrogen-bond donors (Lipinski definition) is 5. The van der Waals surface area contributed by atoms with E-state index >= 15 is 0 Å².